The largest absolute Gasteiger partial charge is 0.479 e. The maximum atomic E-state index is 10.6. The van der Waals surface area contributed by atoms with E-state index in [0.717, 1.165) is 42.5 Å². The number of aromatic nitrogens is 1. The minimum Gasteiger partial charge on any atom is -0.479 e. The second-order valence-corrected chi connectivity index (χ2v) is 5.44. The lowest BCUT2D eigenvalue weighted by Gasteiger charge is -2.14. The van der Waals surface area contributed by atoms with E-state index < -0.39 is 12.6 Å². The third-order valence-electron chi connectivity index (χ3n) is 3.36. The maximum absolute atomic E-state index is 10.6. The van der Waals surface area contributed by atoms with Gasteiger partial charge in [0, 0.05) is 5.69 Å². The SMILES string of the molecule is CC(C)Cc1nc(OCC(=O)O)c(C#N)c2c1CCC2. The Balaban J connectivity index is 2.45. The number of fused-ring (bicyclic) bond motifs is 1. The molecule has 0 aromatic carbocycles. The number of ether oxygens (including phenoxy) is 1. The highest BCUT2D eigenvalue weighted by Gasteiger charge is 2.24. The van der Waals surface area contributed by atoms with Gasteiger partial charge in [-0.1, -0.05) is 13.8 Å². The first-order chi connectivity index (χ1) is 9.52. The molecule has 0 saturated heterocycles. The van der Waals surface area contributed by atoms with Crippen molar-refractivity contribution in [3.05, 3.63) is 22.4 Å². The van der Waals surface area contributed by atoms with Crippen LogP contribution < -0.4 is 4.74 Å². The molecule has 0 atom stereocenters. The Bertz CT molecular complexity index is 573. The van der Waals surface area contributed by atoms with Crippen LogP contribution in [0.5, 0.6) is 5.88 Å². The predicted octanol–water partition coefficient (Wildman–Crippen LogP) is 2.10. The maximum Gasteiger partial charge on any atom is 0.341 e. The summed E-state index contributed by atoms with van der Waals surface area (Å²) < 4.78 is 5.20. The van der Waals surface area contributed by atoms with E-state index >= 15 is 0 Å². The number of carboxylic acid groups (broad SMARTS) is 1. The van der Waals surface area contributed by atoms with Crippen molar-refractivity contribution in [2.45, 2.75) is 39.5 Å². The van der Waals surface area contributed by atoms with Gasteiger partial charge in [0.2, 0.25) is 5.88 Å². The molecule has 1 N–H and O–H groups in total. The molecule has 1 aromatic heterocycles. The van der Waals surface area contributed by atoms with Gasteiger partial charge < -0.3 is 9.84 Å². The smallest absolute Gasteiger partial charge is 0.341 e. The number of aliphatic carboxylic acids is 1. The van der Waals surface area contributed by atoms with Gasteiger partial charge in [-0.05, 0) is 42.7 Å². The number of nitriles is 1. The topological polar surface area (TPSA) is 83.2 Å². The molecule has 0 amide bonds. The minimum absolute atomic E-state index is 0.172. The van der Waals surface area contributed by atoms with E-state index in [2.05, 4.69) is 24.9 Å². The highest BCUT2D eigenvalue weighted by Crippen LogP contribution is 2.33. The molecule has 0 bridgehead atoms. The summed E-state index contributed by atoms with van der Waals surface area (Å²) in [5.41, 5.74) is 3.52. The van der Waals surface area contributed by atoms with Gasteiger partial charge in [-0.2, -0.15) is 5.26 Å². The van der Waals surface area contributed by atoms with Gasteiger partial charge in [-0.15, -0.1) is 0 Å². The van der Waals surface area contributed by atoms with Crippen LogP contribution in [0.25, 0.3) is 0 Å². The number of hydrogen-bond donors (Lipinski definition) is 1. The fourth-order valence-electron chi connectivity index (χ4n) is 2.62. The van der Waals surface area contributed by atoms with Crippen LogP contribution in [0, 0.1) is 17.2 Å². The molecule has 2 rings (SSSR count). The minimum atomic E-state index is -1.07. The average Bonchev–Trinajstić information content (AvgIpc) is 2.85. The molecule has 0 aliphatic heterocycles. The monoisotopic (exact) mass is 274 g/mol. The molecule has 0 saturated carbocycles. The van der Waals surface area contributed by atoms with Crippen molar-refractivity contribution in [1.82, 2.24) is 4.98 Å². The third kappa shape index (κ3) is 2.90. The normalized spacial score (nSPS) is 13.1. The van der Waals surface area contributed by atoms with E-state index in [9.17, 15) is 10.1 Å². The van der Waals surface area contributed by atoms with Crippen LogP contribution >= 0.6 is 0 Å². The fraction of sp³-hybridized carbons (Fsp3) is 0.533. The Morgan fingerprint density at radius 3 is 2.75 bits per heavy atom. The number of rotatable bonds is 5. The molecular formula is C15H18N2O3. The van der Waals surface area contributed by atoms with E-state index in [1.54, 1.807) is 0 Å². The molecule has 1 heterocycles. The number of nitrogens with zero attached hydrogens (tertiary/aromatic N) is 2. The van der Waals surface area contributed by atoms with Crippen molar-refractivity contribution in [3.63, 3.8) is 0 Å². The first-order valence-electron chi connectivity index (χ1n) is 6.82. The summed E-state index contributed by atoms with van der Waals surface area (Å²) in [5, 5.41) is 18.0. The summed E-state index contributed by atoms with van der Waals surface area (Å²) in [6.07, 6.45) is 3.62. The molecule has 0 fully saturated rings. The van der Waals surface area contributed by atoms with E-state index in [-0.39, 0.29) is 5.88 Å². The van der Waals surface area contributed by atoms with E-state index in [0.29, 0.717) is 11.5 Å². The Morgan fingerprint density at radius 1 is 1.45 bits per heavy atom. The number of carbonyl (C=O) groups is 1. The molecular weight excluding hydrogens is 256 g/mol. The Kier molecular flexibility index (Phi) is 4.23. The van der Waals surface area contributed by atoms with Crippen molar-refractivity contribution >= 4 is 5.97 Å². The average molecular weight is 274 g/mol. The molecule has 20 heavy (non-hydrogen) atoms. The summed E-state index contributed by atoms with van der Waals surface area (Å²) in [7, 11) is 0. The van der Waals surface area contributed by atoms with Gasteiger partial charge in [-0.3, -0.25) is 0 Å². The number of hydrogen-bond acceptors (Lipinski definition) is 4. The molecule has 1 aliphatic carbocycles. The van der Waals surface area contributed by atoms with Gasteiger partial charge in [0.15, 0.2) is 6.61 Å². The fourth-order valence-corrected chi connectivity index (χ4v) is 2.62. The van der Waals surface area contributed by atoms with Gasteiger partial charge in [-0.25, -0.2) is 9.78 Å². The van der Waals surface area contributed by atoms with Gasteiger partial charge >= 0.3 is 5.97 Å². The molecule has 0 unspecified atom stereocenters. The second-order valence-electron chi connectivity index (χ2n) is 5.44. The zero-order chi connectivity index (χ0) is 14.7. The van der Waals surface area contributed by atoms with Crippen LogP contribution in [0.1, 0.15) is 42.7 Å². The molecule has 106 valence electrons. The van der Waals surface area contributed by atoms with Crippen molar-refractivity contribution in [3.8, 4) is 11.9 Å². The Labute approximate surface area is 118 Å². The number of carboxylic acids is 1. The summed E-state index contributed by atoms with van der Waals surface area (Å²) in [5.74, 6) is -0.444. The van der Waals surface area contributed by atoms with Crippen molar-refractivity contribution < 1.29 is 14.6 Å². The number of pyridine rings is 1. The molecule has 0 spiro atoms. The van der Waals surface area contributed by atoms with E-state index in [1.165, 1.54) is 0 Å². The van der Waals surface area contributed by atoms with Crippen molar-refractivity contribution in [2.75, 3.05) is 6.61 Å². The lowest BCUT2D eigenvalue weighted by Crippen LogP contribution is -2.14. The predicted molar refractivity (Wildman–Crippen MR) is 72.6 cm³/mol. The molecule has 5 nitrogen and oxygen atoms in total. The summed E-state index contributed by atoms with van der Waals surface area (Å²) >= 11 is 0. The Morgan fingerprint density at radius 2 is 2.15 bits per heavy atom. The zero-order valence-electron chi connectivity index (χ0n) is 11.8. The molecule has 1 aliphatic rings. The van der Waals surface area contributed by atoms with Crippen LogP contribution in [0.2, 0.25) is 0 Å². The van der Waals surface area contributed by atoms with Crippen LogP contribution in [0.3, 0.4) is 0 Å². The van der Waals surface area contributed by atoms with Crippen molar-refractivity contribution in [2.24, 2.45) is 5.92 Å². The molecule has 0 radical (unpaired) electrons. The quantitative estimate of drug-likeness (QED) is 0.889. The van der Waals surface area contributed by atoms with E-state index in [1.807, 2.05) is 0 Å². The van der Waals surface area contributed by atoms with E-state index in [4.69, 9.17) is 9.84 Å². The Hall–Kier alpha value is -2.09. The molecule has 1 aromatic rings. The summed E-state index contributed by atoms with van der Waals surface area (Å²) in [6, 6.07) is 2.12. The first kappa shape index (κ1) is 14.3. The van der Waals surface area contributed by atoms with Crippen LogP contribution in [0.4, 0.5) is 0 Å². The second kappa shape index (κ2) is 5.91. The zero-order valence-corrected chi connectivity index (χ0v) is 11.8. The van der Waals surface area contributed by atoms with Crippen LogP contribution in [-0.2, 0) is 24.1 Å². The summed E-state index contributed by atoms with van der Waals surface area (Å²) in [4.78, 5) is 15.1. The highest BCUT2D eigenvalue weighted by molar-refractivity contribution is 5.68. The van der Waals surface area contributed by atoms with Gasteiger partial charge in [0.25, 0.3) is 0 Å². The molecule has 5 heteroatoms. The van der Waals surface area contributed by atoms with Gasteiger partial charge in [0.1, 0.15) is 11.6 Å². The lowest BCUT2D eigenvalue weighted by atomic mass is 9.98. The van der Waals surface area contributed by atoms with Crippen LogP contribution in [0.15, 0.2) is 0 Å². The van der Waals surface area contributed by atoms with Crippen molar-refractivity contribution in [1.29, 1.82) is 5.26 Å². The van der Waals surface area contributed by atoms with Crippen LogP contribution in [-0.4, -0.2) is 22.7 Å². The first-order valence-corrected chi connectivity index (χ1v) is 6.82. The van der Waals surface area contributed by atoms with Gasteiger partial charge in [0.05, 0.1) is 0 Å². The third-order valence-corrected chi connectivity index (χ3v) is 3.36. The highest BCUT2D eigenvalue weighted by atomic mass is 16.5. The standard InChI is InChI=1S/C15H18N2O3/c1-9(2)6-13-11-5-3-4-10(11)12(7-16)15(17-13)20-8-14(18)19/h9H,3-6,8H2,1-2H3,(H,18,19). The lowest BCUT2D eigenvalue weighted by molar-refractivity contribution is -0.139. The summed E-state index contributed by atoms with van der Waals surface area (Å²) in [6.45, 7) is 3.75.